The molecular weight excluding hydrogens is 214 g/mol. The number of aromatic nitrogens is 4. The SMILES string of the molecule is Cc1ncc2c(n1)CCN(Cc1cnc[nH]1)C2. The van der Waals surface area contributed by atoms with Crippen molar-refractivity contribution in [1.29, 1.82) is 0 Å². The van der Waals surface area contributed by atoms with Gasteiger partial charge < -0.3 is 4.98 Å². The summed E-state index contributed by atoms with van der Waals surface area (Å²) in [6, 6.07) is 0. The Morgan fingerprint density at radius 1 is 1.41 bits per heavy atom. The first-order chi connectivity index (χ1) is 8.31. The summed E-state index contributed by atoms with van der Waals surface area (Å²) in [7, 11) is 0. The maximum atomic E-state index is 4.49. The molecule has 1 N–H and O–H groups in total. The van der Waals surface area contributed by atoms with Gasteiger partial charge in [0.1, 0.15) is 5.82 Å². The van der Waals surface area contributed by atoms with Crippen LogP contribution in [0.15, 0.2) is 18.7 Å². The molecule has 0 atom stereocenters. The average molecular weight is 229 g/mol. The Balaban J connectivity index is 1.74. The number of nitrogens with one attached hydrogen (secondary N) is 1. The molecule has 0 saturated carbocycles. The van der Waals surface area contributed by atoms with Crippen molar-refractivity contribution >= 4 is 0 Å². The Kier molecular flexibility index (Phi) is 2.60. The molecule has 0 unspecified atom stereocenters. The molecule has 0 aromatic carbocycles. The summed E-state index contributed by atoms with van der Waals surface area (Å²) in [6.07, 6.45) is 6.56. The second kappa shape index (κ2) is 4.25. The molecule has 3 heterocycles. The third-order valence-corrected chi connectivity index (χ3v) is 3.08. The third-order valence-electron chi connectivity index (χ3n) is 3.08. The maximum Gasteiger partial charge on any atom is 0.125 e. The standard InChI is InChI=1S/C12H15N5/c1-9-14-4-10-6-17(3-2-12(10)16-9)7-11-5-13-8-15-11/h4-5,8H,2-3,6-7H2,1H3,(H,13,15). The second-order valence-corrected chi connectivity index (χ2v) is 4.43. The minimum atomic E-state index is 0.866. The lowest BCUT2D eigenvalue weighted by Gasteiger charge is -2.27. The van der Waals surface area contributed by atoms with Crippen molar-refractivity contribution in [2.24, 2.45) is 0 Å². The van der Waals surface area contributed by atoms with Crippen LogP contribution in [-0.2, 0) is 19.5 Å². The van der Waals surface area contributed by atoms with E-state index in [-0.39, 0.29) is 0 Å². The molecule has 0 spiro atoms. The summed E-state index contributed by atoms with van der Waals surface area (Å²) in [6.45, 7) is 4.82. The Labute approximate surface area is 99.9 Å². The van der Waals surface area contributed by atoms with E-state index >= 15 is 0 Å². The highest BCUT2D eigenvalue weighted by Gasteiger charge is 2.18. The number of fused-ring (bicyclic) bond motifs is 1. The topological polar surface area (TPSA) is 57.7 Å². The quantitative estimate of drug-likeness (QED) is 0.836. The van der Waals surface area contributed by atoms with Crippen LogP contribution in [0, 0.1) is 6.92 Å². The molecule has 3 rings (SSSR count). The monoisotopic (exact) mass is 229 g/mol. The summed E-state index contributed by atoms with van der Waals surface area (Å²) in [4.78, 5) is 18.3. The minimum Gasteiger partial charge on any atom is -0.347 e. The molecule has 2 aromatic heterocycles. The van der Waals surface area contributed by atoms with Crippen LogP contribution in [0.25, 0.3) is 0 Å². The number of hydrogen-bond donors (Lipinski definition) is 1. The normalized spacial score (nSPS) is 15.8. The highest BCUT2D eigenvalue weighted by Crippen LogP contribution is 2.17. The summed E-state index contributed by atoms with van der Waals surface area (Å²) in [5, 5.41) is 0. The Morgan fingerprint density at radius 2 is 2.35 bits per heavy atom. The fourth-order valence-electron chi connectivity index (χ4n) is 2.22. The first kappa shape index (κ1) is 10.4. The molecule has 5 nitrogen and oxygen atoms in total. The van der Waals surface area contributed by atoms with Gasteiger partial charge in [-0.3, -0.25) is 4.90 Å². The van der Waals surface area contributed by atoms with Crippen LogP contribution in [0.4, 0.5) is 0 Å². The minimum absolute atomic E-state index is 0.866. The summed E-state index contributed by atoms with van der Waals surface area (Å²) in [5.41, 5.74) is 3.61. The largest absolute Gasteiger partial charge is 0.347 e. The van der Waals surface area contributed by atoms with Crippen LogP contribution in [0.1, 0.15) is 22.8 Å². The van der Waals surface area contributed by atoms with Crippen molar-refractivity contribution in [3.05, 3.63) is 41.5 Å². The molecule has 88 valence electrons. The molecule has 2 aromatic rings. The van der Waals surface area contributed by atoms with E-state index in [0.29, 0.717) is 0 Å². The summed E-state index contributed by atoms with van der Waals surface area (Å²) < 4.78 is 0. The van der Waals surface area contributed by atoms with Gasteiger partial charge in [-0.2, -0.15) is 0 Å². The predicted molar refractivity (Wildman–Crippen MR) is 63.2 cm³/mol. The first-order valence-electron chi connectivity index (χ1n) is 5.82. The average Bonchev–Trinajstić information content (AvgIpc) is 2.82. The number of H-pyrrole nitrogens is 1. The van der Waals surface area contributed by atoms with Gasteiger partial charge in [0, 0.05) is 55.4 Å². The van der Waals surface area contributed by atoms with Gasteiger partial charge in [-0.25, -0.2) is 15.0 Å². The Bertz CT molecular complexity index is 506. The van der Waals surface area contributed by atoms with Gasteiger partial charge >= 0.3 is 0 Å². The zero-order chi connectivity index (χ0) is 11.7. The number of rotatable bonds is 2. The van der Waals surface area contributed by atoms with Gasteiger partial charge in [0.2, 0.25) is 0 Å². The van der Waals surface area contributed by atoms with E-state index in [1.54, 1.807) is 6.33 Å². The molecule has 0 saturated heterocycles. The van der Waals surface area contributed by atoms with E-state index in [0.717, 1.165) is 37.6 Å². The van der Waals surface area contributed by atoms with Crippen LogP contribution in [-0.4, -0.2) is 31.4 Å². The number of hydrogen-bond acceptors (Lipinski definition) is 4. The maximum absolute atomic E-state index is 4.49. The second-order valence-electron chi connectivity index (χ2n) is 4.43. The molecule has 0 radical (unpaired) electrons. The van der Waals surface area contributed by atoms with Gasteiger partial charge in [0.15, 0.2) is 0 Å². The van der Waals surface area contributed by atoms with Crippen molar-refractivity contribution < 1.29 is 0 Å². The van der Waals surface area contributed by atoms with Crippen LogP contribution >= 0.6 is 0 Å². The van der Waals surface area contributed by atoms with Gasteiger partial charge in [-0.1, -0.05) is 0 Å². The lowest BCUT2D eigenvalue weighted by Crippen LogP contribution is -2.31. The lowest BCUT2D eigenvalue weighted by atomic mass is 10.1. The van der Waals surface area contributed by atoms with Crippen molar-refractivity contribution in [1.82, 2.24) is 24.8 Å². The summed E-state index contributed by atoms with van der Waals surface area (Å²) >= 11 is 0. The van der Waals surface area contributed by atoms with Gasteiger partial charge in [0.25, 0.3) is 0 Å². The fourth-order valence-corrected chi connectivity index (χ4v) is 2.22. The predicted octanol–water partition coefficient (Wildman–Crippen LogP) is 1.07. The highest BCUT2D eigenvalue weighted by molar-refractivity contribution is 5.20. The summed E-state index contributed by atoms with van der Waals surface area (Å²) in [5.74, 6) is 0.866. The van der Waals surface area contributed by atoms with Gasteiger partial charge in [-0.15, -0.1) is 0 Å². The Hall–Kier alpha value is -1.75. The van der Waals surface area contributed by atoms with Crippen molar-refractivity contribution in [3.63, 3.8) is 0 Å². The molecule has 0 fully saturated rings. The highest BCUT2D eigenvalue weighted by atomic mass is 15.1. The Morgan fingerprint density at radius 3 is 3.18 bits per heavy atom. The van der Waals surface area contributed by atoms with Crippen molar-refractivity contribution in [3.8, 4) is 0 Å². The number of aromatic amines is 1. The number of aryl methyl sites for hydroxylation is 1. The molecular formula is C12H15N5. The molecule has 5 heteroatoms. The van der Waals surface area contributed by atoms with Crippen LogP contribution in [0.3, 0.4) is 0 Å². The third kappa shape index (κ3) is 2.19. The van der Waals surface area contributed by atoms with Gasteiger partial charge in [0.05, 0.1) is 6.33 Å². The lowest BCUT2D eigenvalue weighted by molar-refractivity contribution is 0.240. The van der Waals surface area contributed by atoms with Crippen molar-refractivity contribution in [2.45, 2.75) is 26.4 Å². The van der Waals surface area contributed by atoms with Crippen molar-refractivity contribution in [2.75, 3.05) is 6.54 Å². The molecule has 1 aliphatic rings. The van der Waals surface area contributed by atoms with Crippen LogP contribution < -0.4 is 0 Å². The smallest absolute Gasteiger partial charge is 0.125 e. The van der Waals surface area contributed by atoms with Gasteiger partial charge in [-0.05, 0) is 6.92 Å². The van der Waals surface area contributed by atoms with Crippen LogP contribution in [0.5, 0.6) is 0 Å². The van der Waals surface area contributed by atoms with Crippen LogP contribution in [0.2, 0.25) is 0 Å². The fraction of sp³-hybridized carbons (Fsp3) is 0.417. The van der Waals surface area contributed by atoms with E-state index in [1.165, 1.54) is 11.3 Å². The first-order valence-corrected chi connectivity index (χ1v) is 5.82. The zero-order valence-electron chi connectivity index (χ0n) is 9.85. The van der Waals surface area contributed by atoms with E-state index in [9.17, 15) is 0 Å². The number of imidazole rings is 1. The molecule has 0 bridgehead atoms. The number of nitrogens with zero attached hydrogens (tertiary/aromatic N) is 4. The molecule has 17 heavy (non-hydrogen) atoms. The molecule has 0 aliphatic carbocycles. The van der Waals surface area contributed by atoms with E-state index < -0.39 is 0 Å². The van der Waals surface area contributed by atoms with E-state index in [2.05, 4.69) is 24.8 Å². The molecule has 0 amide bonds. The van der Waals surface area contributed by atoms with E-state index in [4.69, 9.17) is 0 Å². The van der Waals surface area contributed by atoms with E-state index in [1.807, 2.05) is 19.3 Å². The zero-order valence-corrected chi connectivity index (χ0v) is 9.85. The molecule has 1 aliphatic heterocycles.